The van der Waals surface area contributed by atoms with E-state index in [1.54, 1.807) is 0 Å². The molecule has 3 rings (SSSR count). The van der Waals surface area contributed by atoms with Crippen LogP contribution in [-0.4, -0.2) is 43.2 Å². The number of hydrogen-bond acceptors (Lipinski definition) is 3. The Bertz CT molecular complexity index is 730. The fourth-order valence-electron chi connectivity index (χ4n) is 3.65. The summed E-state index contributed by atoms with van der Waals surface area (Å²) >= 11 is 0. The van der Waals surface area contributed by atoms with Crippen molar-refractivity contribution in [2.24, 2.45) is 7.05 Å². The van der Waals surface area contributed by atoms with Gasteiger partial charge < -0.3 is 9.47 Å². The maximum Gasteiger partial charge on any atom is 0.222 e. The van der Waals surface area contributed by atoms with Crippen LogP contribution in [0.15, 0.2) is 12.3 Å². The molecule has 0 bridgehead atoms. The summed E-state index contributed by atoms with van der Waals surface area (Å²) in [4.78, 5) is 19.1. The topological polar surface area (TPSA) is 56.0 Å². The minimum Gasteiger partial charge on any atom is -0.342 e. The molecule has 1 saturated heterocycles. The molecule has 3 heterocycles. The van der Waals surface area contributed by atoms with Crippen molar-refractivity contribution in [2.75, 3.05) is 13.1 Å². The van der Waals surface area contributed by atoms with Gasteiger partial charge in [-0.15, -0.1) is 0 Å². The van der Waals surface area contributed by atoms with E-state index in [0.717, 1.165) is 55.4 Å². The van der Waals surface area contributed by atoms with Crippen molar-refractivity contribution in [3.8, 4) is 0 Å². The van der Waals surface area contributed by atoms with Gasteiger partial charge in [-0.3, -0.25) is 9.48 Å². The van der Waals surface area contributed by atoms with Crippen LogP contribution < -0.4 is 0 Å². The van der Waals surface area contributed by atoms with Gasteiger partial charge in [0, 0.05) is 50.9 Å². The monoisotopic (exact) mass is 329 g/mol. The third-order valence-corrected chi connectivity index (χ3v) is 4.80. The van der Waals surface area contributed by atoms with E-state index < -0.39 is 0 Å². The molecule has 6 nitrogen and oxygen atoms in total. The molecule has 2 aromatic heterocycles. The van der Waals surface area contributed by atoms with Crippen LogP contribution in [0.5, 0.6) is 0 Å². The van der Waals surface area contributed by atoms with Crippen LogP contribution in [0, 0.1) is 20.8 Å². The van der Waals surface area contributed by atoms with Crippen molar-refractivity contribution < 1.29 is 4.79 Å². The molecular weight excluding hydrogens is 302 g/mol. The largest absolute Gasteiger partial charge is 0.342 e. The van der Waals surface area contributed by atoms with Crippen LogP contribution in [0.25, 0.3) is 0 Å². The van der Waals surface area contributed by atoms with Gasteiger partial charge in [0.25, 0.3) is 0 Å². The molecule has 0 spiro atoms. The number of aromatic nitrogens is 4. The number of amides is 1. The number of hydrogen-bond donors (Lipinski definition) is 0. The number of nitrogens with zero attached hydrogens (tertiary/aromatic N) is 5. The van der Waals surface area contributed by atoms with Crippen molar-refractivity contribution >= 4 is 5.91 Å². The lowest BCUT2D eigenvalue weighted by Gasteiger charge is -2.16. The lowest BCUT2D eigenvalue weighted by atomic mass is 10.1. The first-order valence-electron chi connectivity index (χ1n) is 8.72. The van der Waals surface area contributed by atoms with Crippen LogP contribution in [0.2, 0.25) is 0 Å². The van der Waals surface area contributed by atoms with Gasteiger partial charge in [0.15, 0.2) is 0 Å². The highest BCUT2D eigenvalue weighted by Gasteiger charge is 2.29. The van der Waals surface area contributed by atoms with E-state index in [1.807, 2.05) is 36.7 Å². The number of imidazole rings is 1. The third kappa shape index (κ3) is 3.52. The normalized spacial score (nSPS) is 17.7. The van der Waals surface area contributed by atoms with Crippen molar-refractivity contribution in [1.82, 2.24) is 24.2 Å². The minimum absolute atomic E-state index is 0.255. The number of rotatable bonds is 5. The summed E-state index contributed by atoms with van der Waals surface area (Å²) in [7, 11) is 2.04. The molecule has 1 amide bonds. The molecule has 6 heteroatoms. The average molecular weight is 329 g/mol. The van der Waals surface area contributed by atoms with Crippen LogP contribution in [0.3, 0.4) is 0 Å². The molecule has 0 aliphatic carbocycles. The van der Waals surface area contributed by atoms with Crippen LogP contribution in [-0.2, 0) is 18.4 Å². The highest BCUT2D eigenvalue weighted by atomic mass is 16.2. The van der Waals surface area contributed by atoms with Gasteiger partial charge in [-0.05, 0) is 39.7 Å². The predicted molar refractivity (Wildman–Crippen MR) is 92.8 cm³/mol. The summed E-state index contributed by atoms with van der Waals surface area (Å²) in [6.45, 7) is 8.51. The van der Waals surface area contributed by atoms with E-state index >= 15 is 0 Å². The molecule has 0 aromatic carbocycles. The second kappa shape index (κ2) is 6.79. The number of likely N-dealkylation sites (tertiary alicyclic amines) is 1. The number of carbonyl (C=O) groups excluding carboxylic acids is 1. The molecule has 1 aliphatic rings. The van der Waals surface area contributed by atoms with Crippen molar-refractivity contribution in [1.29, 1.82) is 0 Å². The summed E-state index contributed by atoms with van der Waals surface area (Å²) in [5.41, 5.74) is 3.24. The van der Waals surface area contributed by atoms with Crippen LogP contribution in [0.4, 0.5) is 0 Å². The molecule has 24 heavy (non-hydrogen) atoms. The Kier molecular flexibility index (Phi) is 4.73. The Balaban J connectivity index is 1.50. The third-order valence-electron chi connectivity index (χ3n) is 4.80. The Morgan fingerprint density at radius 1 is 1.29 bits per heavy atom. The van der Waals surface area contributed by atoms with E-state index in [1.165, 1.54) is 0 Å². The summed E-state index contributed by atoms with van der Waals surface area (Å²) in [6.07, 6.45) is 4.48. The quantitative estimate of drug-likeness (QED) is 0.846. The summed E-state index contributed by atoms with van der Waals surface area (Å²) in [5, 5.41) is 4.45. The standard InChI is InChI=1S/C18H27N5O/c1-13-10-15(3)23(20-13)8-5-6-17(24)22-9-7-16(12-22)18-19-14(2)11-21(18)4/h10-11,16H,5-9,12H2,1-4H3. The number of carbonyl (C=O) groups is 1. The van der Waals surface area contributed by atoms with Gasteiger partial charge >= 0.3 is 0 Å². The van der Waals surface area contributed by atoms with E-state index in [-0.39, 0.29) is 5.91 Å². The first-order chi connectivity index (χ1) is 11.4. The second-order valence-electron chi connectivity index (χ2n) is 6.93. The predicted octanol–water partition coefficient (Wildman–Crippen LogP) is 2.34. The van der Waals surface area contributed by atoms with Gasteiger partial charge in [-0.2, -0.15) is 5.10 Å². The molecular formula is C18H27N5O. The Morgan fingerprint density at radius 3 is 2.71 bits per heavy atom. The molecule has 1 aliphatic heterocycles. The molecule has 130 valence electrons. The first-order valence-corrected chi connectivity index (χ1v) is 8.72. The molecule has 0 radical (unpaired) electrons. The molecule has 2 aromatic rings. The van der Waals surface area contributed by atoms with Crippen LogP contribution in [0.1, 0.15) is 48.1 Å². The second-order valence-corrected chi connectivity index (χ2v) is 6.93. The maximum absolute atomic E-state index is 12.5. The van der Waals surface area contributed by atoms with Crippen LogP contribution >= 0.6 is 0 Å². The van der Waals surface area contributed by atoms with Gasteiger partial charge in [0.1, 0.15) is 5.82 Å². The zero-order valence-electron chi connectivity index (χ0n) is 15.1. The van der Waals surface area contributed by atoms with E-state index in [0.29, 0.717) is 12.3 Å². The fraction of sp³-hybridized carbons (Fsp3) is 0.611. The highest BCUT2D eigenvalue weighted by molar-refractivity contribution is 5.76. The molecule has 0 N–H and O–H groups in total. The van der Waals surface area contributed by atoms with Gasteiger partial charge in [-0.25, -0.2) is 4.98 Å². The summed E-state index contributed by atoms with van der Waals surface area (Å²) in [6, 6.07) is 2.07. The molecule has 0 saturated carbocycles. The smallest absolute Gasteiger partial charge is 0.222 e. The van der Waals surface area contributed by atoms with E-state index in [9.17, 15) is 4.79 Å². The Labute approximate surface area is 143 Å². The van der Waals surface area contributed by atoms with Gasteiger partial charge in [0.2, 0.25) is 5.91 Å². The average Bonchev–Trinajstić information content (AvgIpc) is 3.19. The molecule has 1 fully saturated rings. The molecule has 1 atom stereocenters. The number of aryl methyl sites for hydroxylation is 5. The highest BCUT2D eigenvalue weighted by Crippen LogP contribution is 2.26. The van der Waals surface area contributed by atoms with Crippen molar-refractivity contribution in [3.63, 3.8) is 0 Å². The fourth-order valence-corrected chi connectivity index (χ4v) is 3.65. The SMILES string of the molecule is Cc1cn(C)c(C2CCN(C(=O)CCCn3nc(C)cc3C)C2)n1. The lowest BCUT2D eigenvalue weighted by Crippen LogP contribution is -2.28. The maximum atomic E-state index is 12.5. The Morgan fingerprint density at radius 2 is 2.08 bits per heavy atom. The minimum atomic E-state index is 0.255. The molecule has 1 unspecified atom stereocenters. The van der Waals surface area contributed by atoms with Gasteiger partial charge in [-0.1, -0.05) is 0 Å². The summed E-state index contributed by atoms with van der Waals surface area (Å²) < 4.78 is 4.09. The zero-order valence-corrected chi connectivity index (χ0v) is 15.1. The van der Waals surface area contributed by atoms with E-state index in [2.05, 4.69) is 27.6 Å². The lowest BCUT2D eigenvalue weighted by molar-refractivity contribution is -0.130. The Hall–Kier alpha value is -2.11. The first kappa shape index (κ1) is 16.7. The van der Waals surface area contributed by atoms with Gasteiger partial charge in [0.05, 0.1) is 11.4 Å². The van der Waals surface area contributed by atoms with Crippen molar-refractivity contribution in [2.45, 2.75) is 52.5 Å². The zero-order chi connectivity index (χ0) is 17.3. The summed E-state index contributed by atoms with van der Waals surface area (Å²) in [5.74, 6) is 1.72. The van der Waals surface area contributed by atoms with Crippen molar-refractivity contribution in [3.05, 3.63) is 35.2 Å². The van der Waals surface area contributed by atoms with E-state index in [4.69, 9.17) is 0 Å².